The standard InChI is InChI=1S/C26H42N4O9/c1-13(2)10-17(29-25(38)20(27)14(3)4)24(37)30-18(12-31)21(34)22(35)23(36)26(39)28-16(11-19(32)33)15-8-6-5-7-9-15/h5-9,13-14,16-18,20-23,31,34-36H,10-12,27H2,1-4H3,(H,28,39)(H,29,38)(H,30,37)(H,32,33). The SMILES string of the molecule is CC(C)CC(NC(=O)C(N)C(C)C)C(=O)NC(CO)C(O)C(O)C(O)C(=O)NC(CC(=O)O)c1ccccc1. The predicted molar refractivity (Wildman–Crippen MR) is 141 cm³/mol. The minimum Gasteiger partial charge on any atom is -0.481 e. The summed E-state index contributed by atoms with van der Waals surface area (Å²) < 4.78 is 0. The molecule has 1 aromatic carbocycles. The maximum absolute atomic E-state index is 12.9. The van der Waals surface area contributed by atoms with Gasteiger partial charge in [0.1, 0.15) is 18.2 Å². The Hall–Kier alpha value is -3.10. The summed E-state index contributed by atoms with van der Waals surface area (Å²) in [6.07, 6.45) is -6.73. The molecule has 0 aliphatic rings. The second-order valence-electron chi connectivity index (χ2n) is 10.3. The molecule has 39 heavy (non-hydrogen) atoms. The van der Waals surface area contributed by atoms with E-state index in [0.29, 0.717) is 5.56 Å². The molecule has 0 aliphatic carbocycles. The molecule has 0 aliphatic heterocycles. The van der Waals surface area contributed by atoms with E-state index in [1.165, 1.54) is 0 Å². The number of amides is 3. The van der Waals surface area contributed by atoms with Crippen LogP contribution in [0.25, 0.3) is 0 Å². The summed E-state index contributed by atoms with van der Waals surface area (Å²) in [6.45, 7) is 6.24. The van der Waals surface area contributed by atoms with Crippen LogP contribution in [0.5, 0.6) is 0 Å². The van der Waals surface area contributed by atoms with E-state index in [4.69, 9.17) is 5.73 Å². The molecular formula is C26H42N4O9. The first-order valence-corrected chi connectivity index (χ1v) is 12.8. The van der Waals surface area contributed by atoms with E-state index in [1.54, 1.807) is 44.2 Å². The number of aliphatic hydroxyl groups is 4. The zero-order valence-electron chi connectivity index (χ0n) is 22.7. The normalized spacial score (nSPS) is 16.9. The van der Waals surface area contributed by atoms with Gasteiger partial charge < -0.3 is 47.2 Å². The zero-order chi connectivity index (χ0) is 29.9. The number of hydrogen-bond acceptors (Lipinski definition) is 9. The highest BCUT2D eigenvalue weighted by molar-refractivity contribution is 5.90. The summed E-state index contributed by atoms with van der Waals surface area (Å²) in [5.41, 5.74) is 6.30. The zero-order valence-corrected chi connectivity index (χ0v) is 22.7. The van der Waals surface area contributed by atoms with Gasteiger partial charge in [-0.25, -0.2) is 0 Å². The third-order valence-corrected chi connectivity index (χ3v) is 6.14. The van der Waals surface area contributed by atoms with E-state index in [0.717, 1.165) is 0 Å². The van der Waals surface area contributed by atoms with Crippen LogP contribution in [0.4, 0.5) is 0 Å². The maximum atomic E-state index is 12.9. The first-order chi connectivity index (χ1) is 18.2. The summed E-state index contributed by atoms with van der Waals surface area (Å²) in [6, 6.07) is 3.59. The number of nitrogens with one attached hydrogen (secondary N) is 3. The fourth-order valence-corrected chi connectivity index (χ4v) is 3.75. The Morgan fingerprint density at radius 1 is 0.846 bits per heavy atom. The summed E-state index contributed by atoms with van der Waals surface area (Å²) in [7, 11) is 0. The summed E-state index contributed by atoms with van der Waals surface area (Å²) in [5.74, 6) is -3.96. The highest BCUT2D eigenvalue weighted by Gasteiger charge is 2.37. The van der Waals surface area contributed by atoms with Gasteiger partial charge in [0.2, 0.25) is 11.8 Å². The molecular weight excluding hydrogens is 512 g/mol. The van der Waals surface area contributed by atoms with Crippen LogP contribution in [-0.4, -0.2) is 92.3 Å². The first-order valence-electron chi connectivity index (χ1n) is 12.8. The molecule has 1 rings (SSSR count). The Bertz CT molecular complexity index is 945. The second-order valence-corrected chi connectivity index (χ2v) is 10.3. The van der Waals surface area contributed by atoms with Gasteiger partial charge in [-0.3, -0.25) is 19.2 Å². The summed E-state index contributed by atoms with van der Waals surface area (Å²) >= 11 is 0. The lowest BCUT2D eigenvalue weighted by molar-refractivity contribution is -0.145. The van der Waals surface area contributed by atoms with Crippen molar-refractivity contribution in [2.75, 3.05) is 6.61 Å². The molecule has 220 valence electrons. The number of aliphatic carboxylic acids is 1. The van der Waals surface area contributed by atoms with E-state index in [1.807, 2.05) is 13.8 Å². The van der Waals surface area contributed by atoms with Crippen LogP contribution < -0.4 is 21.7 Å². The molecule has 10 N–H and O–H groups in total. The van der Waals surface area contributed by atoms with Gasteiger partial charge in [-0.1, -0.05) is 58.0 Å². The van der Waals surface area contributed by atoms with Gasteiger partial charge in [0.05, 0.1) is 31.2 Å². The van der Waals surface area contributed by atoms with Crippen LogP contribution in [0.2, 0.25) is 0 Å². The number of nitrogens with two attached hydrogens (primary N) is 1. The maximum Gasteiger partial charge on any atom is 0.305 e. The lowest BCUT2D eigenvalue weighted by atomic mass is 9.97. The lowest BCUT2D eigenvalue weighted by Crippen LogP contribution is -2.60. The van der Waals surface area contributed by atoms with Gasteiger partial charge in [0.15, 0.2) is 6.10 Å². The van der Waals surface area contributed by atoms with Crippen LogP contribution in [0, 0.1) is 11.8 Å². The number of carbonyl (C=O) groups is 4. The molecule has 0 radical (unpaired) electrons. The highest BCUT2D eigenvalue weighted by atomic mass is 16.4. The van der Waals surface area contributed by atoms with Crippen molar-refractivity contribution in [3.05, 3.63) is 35.9 Å². The van der Waals surface area contributed by atoms with Crippen molar-refractivity contribution in [1.29, 1.82) is 0 Å². The molecule has 13 nitrogen and oxygen atoms in total. The topological polar surface area (TPSA) is 232 Å². The predicted octanol–water partition coefficient (Wildman–Crippen LogP) is -1.61. The molecule has 0 fully saturated rings. The fourth-order valence-electron chi connectivity index (χ4n) is 3.75. The Morgan fingerprint density at radius 2 is 1.44 bits per heavy atom. The number of carboxylic acids is 1. The Kier molecular flexibility index (Phi) is 14.0. The van der Waals surface area contributed by atoms with Crippen molar-refractivity contribution < 1.29 is 44.7 Å². The van der Waals surface area contributed by atoms with Crippen molar-refractivity contribution in [3.8, 4) is 0 Å². The molecule has 7 unspecified atom stereocenters. The molecule has 0 aromatic heterocycles. The van der Waals surface area contributed by atoms with Crippen LogP contribution in [0.1, 0.15) is 52.1 Å². The minimum atomic E-state index is -2.24. The molecule has 0 saturated carbocycles. The largest absolute Gasteiger partial charge is 0.481 e. The Balaban J connectivity index is 2.95. The van der Waals surface area contributed by atoms with Crippen LogP contribution >= 0.6 is 0 Å². The van der Waals surface area contributed by atoms with Crippen molar-refractivity contribution in [3.63, 3.8) is 0 Å². The summed E-state index contributed by atoms with van der Waals surface area (Å²) in [4.78, 5) is 49.3. The van der Waals surface area contributed by atoms with Crippen molar-refractivity contribution >= 4 is 23.7 Å². The second kappa shape index (κ2) is 16.1. The van der Waals surface area contributed by atoms with Crippen LogP contribution in [-0.2, 0) is 19.2 Å². The van der Waals surface area contributed by atoms with Crippen molar-refractivity contribution in [2.45, 2.75) is 83.0 Å². The van der Waals surface area contributed by atoms with Crippen LogP contribution in [0.3, 0.4) is 0 Å². The van der Waals surface area contributed by atoms with Gasteiger partial charge in [-0.2, -0.15) is 0 Å². The van der Waals surface area contributed by atoms with E-state index in [2.05, 4.69) is 16.0 Å². The molecule has 7 atom stereocenters. The third-order valence-electron chi connectivity index (χ3n) is 6.14. The first kappa shape index (κ1) is 33.9. The van der Waals surface area contributed by atoms with Gasteiger partial charge in [0, 0.05) is 0 Å². The van der Waals surface area contributed by atoms with E-state index in [9.17, 15) is 44.7 Å². The van der Waals surface area contributed by atoms with Gasteiger partial charge in [-0.15, -0.1) is 0 Å². The highest BCUT2D eigenvalue weighted by Crippen LogP contribution is 2.18. The number of aliphatic hydroxyl groups excluding tert-OH is 4. The summed E-state index contributed by atoms with van der Waals surface area (Å²) in [5, 5.41) is 57.6. The molecule has 13 heteroatoms. The van der Waals surface area contributed by atoms with E-state index >= 15 is 0 Å². The molecule has 1 aromatic rings. The molecule has 0 bridgehead atoms. The van der Waals surface area contributed by atoms with Gasteiger partial charge in [0.25, 0.3) is 5.91 Å². The monoisotopic (exact) mass is 554 g/mol. The van der Waals surface area contributed by atoms with Gasteiger partial charge in [-0.05, 0) is 23.8 Å². The Morgan fingerprint density at radius 3 is 1.92 bits per heavy atom. The minimum absolute atomic E-state index is 0.0340. The number of hydrogen-bond donors (Lipinski definition) is 9. The average Bonchev–Trinajstić information content (AvgIpc) is 2.88. The van der Waals surface area contributed by atoms with E-state index in [-0.39, 0.29) is 18.3 Å². The molecule has 0 saturated heterocycles. The molecule has 0 heterocycles. The van der Waals surface area contributed by atoms with Crippen molar-refractivity contribution in [2.24, 2.45) is 17.6 Å². The smallest absolute Gasteiger partial charge is 0.305 e. The number of carboxylic acid groups (broad SMARTS) is 1. The average molecular weight is 555 g/mol. The van der Waals surface area contributed by atoms with E-state index < -0.39 is 79.2 Å². The number of benzene rings is 1. The number of rotatable bonds is 16. The fraction of sp³-hybridized carbons (Fsp3) is 0.615. The Labute approximate surface area is 227 Å². The van der Waals surface area contributed by atoms with Gasteiger partial charge >= 0.3 is 5.97 Å². The molecule has 3 amide bonds. The number of carbonyl (C=O) groups excluding carboxylic acids is 3. The van der Waals surface area contributed by atoms with Crippen molar-refractivity contribution in [1.82, 2.24) is 16.0 Å². The van der Waals surface area contributed by atoms with Crippen LogP contribution in [0.15, 0.2) is 30.3 Å². The quantitative estimate of drug-likeness (QED) is 0.113. The third kappa shape index (κ3) is 10.9. The lowest BCUT2D eigenvalue weighted by Gasteiger charge is -2.31. The molecule has 0 spiro atoms.